The second kappa shape index (κ2) is 16.2. The van der Waals surface area contributed by atoms with Gasteiger partial charge in [0.1, 0.15) is 17.5 Å². The number of piperidine rings is 2. The van der Waals surface area contributed by atoms with Crippen molar-refractivity contribution >= 4 is 29.1 Å². The van der Waals surface area contributed by atoms with Crippen molar-refractivity contribution in [2.45, 2.75) is 63.2 Å². The van der Waals surface area contributed by atoms with Crippen LogP contribution in [0, 0.1) is 11.3 Å². The standard InChI is InChI=1S/C41H45F3N6O5/c1-54-36-24-32(22-30-26-50(40(53)38(30)36)35-10-11-37(51)46-39(35)52)49-19-17-47(18-20-49)14-2-3-21-55-33-8-5-27(6-9-33)28-12-15-48(16-13-28)31-7-4-29(25-45)34(23-31)41(42,43)44/h4-9,22-24,28,35H,2-3,10-21,26H2,1H3,(H,46,51,52). The maximum atomic E-state index is 13.5. The zero-order valence-electron chi connectivity index (χ0n) is 30.9. The van der Waals surface area contributed by atoms with Gasteiger partial charge in [-0.2, -0.15) is 18.4 Å². The Balaban J connectivity index is 0.821. The van der Waals surface area contributed by atoms with E-state index in [1.165, 1.54) is 11.6 Å². The zero-order chi connectivity index (χ0) is 38.7. The molecule has 3 aromatic carbocycles. The number of unbranched alkanes of at least 4 members (excludes halogenated alkanes) is 1. The first-order valence-electron chi connectivity index (χ1n) is 18.9. The van der Waals surface area contributed by atoms with Crippen molar-refractivity contribution in [1.29, 1.82) is 5.26 Å². The van der Waals surface area contributed by atoms with Gasteiger partial charge in [-0.25, -0.2) is 0 Å². The fourth-order valence-electron chi connectivity index (χ4n) is 8.22. The molecule has 4 aliphatic heterocycles. The van der Waals surface area contributed by atoms with Crippen LogP contribution in [-0.2, 0) is 22.3 Å². The molecule has 3 fully saturated rings. The summed E-state index contributed by atoms with van der Waals surface area (Å²) in [6.07, 6.45) is -0.470. The van der Waals surface area contributed by atoms with E-state index in [0.717, 1.165) is 81.5 Å². The number of benzene rings is 3. The number of carbonyl (C=O) groups is 3. The number of amides is 3. The number of imide groups is 1. The van der Waals surface area contributed by atoms with Crippen molar-refractivity contribution in [1.82, 2.24) is 15.1 Å². The van der Waals surface area contributed by atoms with E-state index in [2.05, 4.69) is 27.2 Å². The van der Waals surface area contributed by atoms with Gasteiger partial charge in [-0.05, 0) is 92.1 Å². The average molecular weight is 759 g/mol. The van der Waals surface area contributed by atoms with E-state index < -0.39 is 23.7 Å². The molecule has 0 bridgehead atoms. The molecule has 3 aromatic rings. The number of halogens is 3. The number of carbonyl (C=O) groups excluding carboxylic acids is 3. The lowest BCUT2D eigenvalue weighted by atomic mass is 9.89. The summed E-state index contributed by atoms with van der Waals surface area (Å²) in [7, 11) is 1.55. The van der Waals surface area contributed by atoms with Crippen LogP contribution in [0.5, 0.6) is 11.5 Å². The molecule has 1 unspecified atom stereocenters. The summed E-state index contributed by atoms with van der Waals surface area (Å²) in [6, 6.07) is 17.0. The number of fused-ring (bicyclic) bond motifs is 1. The molecule has 1 N–H and O–H groups in total. The van der Waals surface area contributed by atoms with E-state index in [-0.39, 0.29) is 23.8 Å². The highest BCUT2D eigenvalue weighted by Crippen LogP contribution is 2.39. The second-order valence-corrected chi connectivity index (χ2v) is 14.6. The molecule has 4 aliphatic rings. The number of anilines is 2. The number of nitriles is 1. The molecule has 0 spiro atoms. The highest BCUT2D eigenvalue weighted by atomic mass is 19.4. The fraction of sp³-hybridized carbons (Fsp3) is 0.463. The van der Waals surface area contributed by atoms with Gasteiger partial charge >= 0.3 is 6.18 Å². The van der Waals surface area contributed by atoms with E-state index in [0.29, 0.717) is 55.6 Å². The molecule has 14 heteroatoms. The van der Waals surface area contributed by atoms with E-state index in [1.807, 2.05) is 29.2 Å². The highest BCUT2D eigenvalue weighted by Gasteiger charge is 2.41. The molecule has 7 rings (SSSR count). The van der Waals surface area contributed by atoms with E-state index in [4.69, 9.17) is 14.7 Å². The Morgan fingerprint density at radius 1 is 0.873 bits per heavy atom. The summed E-state index contributed by atoms with van der Waals surface area (Å²) >= 11 is 0. The minimum atomic E-state index is -4.57. The van der Waals surface area contributed by atoms with Crippen LogP contribution < -0.4 is 24.6 Å². The summed E-state index contributed by atoms with van der Waals surface area (Å²) in [5.74, 6) is 0.647. The smallest absolute Gasteiger partial charge is 0.417 e. The third-order valence-electron chi connectivity index (χ3n) is 11.3. The highest BCUT2D eigenvalue weighted by molar-refractivity contribution is 6.06. The van der Waals surface area contributed by atoms with Crippen molar-refractivity contribution in [3.05, 3.63) is 82.4 Å². The van der Waals surface area contributed by atoms with E-state index in [1.54, 1.807) is 24.1 Å². The van der Waals surface area contributed by atoms with Crippen LogP contribution in [0.1, 0.15) is 77.1 Å². The van der Waals surface area contributed by atoms with Crippen molar-refractivity contribution in [2.75, 3.05) is 69.3 Å². The van der Waals surface area contributed by atoms with Crippen LogP contribution in [0.2, 0.25) is 0 Å². The van der Waals surface area contributed by atoms with E-state index in [9.17, 15) is 27.6 Å². The molecular weight excluding hydrogens is 713 g/mol. The molecule has 1 atom stereocenters. The van der Waals surface area contributed by atoms with Crippen LogP contribution in [0.4, 0.5) is 24.5 Å². The largest absolute Gasteiger partial charge is 0.496 e. The fourth-order valence-corrected chi connectivity index (χ4v) is 8.22. The first kappa shape index (κ1) is 38.0. The monoisotopic (exact) mass is 758 g/mol. The number of alkyl halides is 3. The molecule has 55 heavy (non-hydrogen) atoms. The Morgan fingerprint density at radius 3 is 2.27 bits per heavy atom. The Bertz CT molecular complexity index is 1950. The SMILES string of the molecule is COc1cc(N2CCN(CCCCOc3ccc(C4CCN(c5ccc(C#N)c(C(F)(F)F)c5)CC4)cc3)CC2)cc2c1C(=O)N(C1CCC(=O)NC1=O)C2. The molecule has 11 nitrogen and oxygen atoms in total. The lowest BCUT2D eigenvalue weighted by Gasteiger charge is -2.36. The summed E-state index contributed by atoms with van der Waals surface area (Å²) in [5.41, 5.74) is 2.75. The molecule has 4 heterocycles. The molecule has 3 amide bonds. The maximum Gasteiger partial charge on any atom is 0.417 e. The van der Waals surface area contributed by atoms with Gasteiger partial charge in [-0.3, -0.25) is 24.6 Å². The van der Waals surface area contributed by atoms with Crippen LogP contribution >= 0.6 is 0 Å². The minimum absolute atomic E-state index is 0.210. The van der Waals surface area contributed by atoms with Gasteiger partial charge < -0.3 is 24.2 Å². The first-order chi connectivity index (χ1) is 26.5. The van der Waals surface area contributed by atoms with Crippen molar-refractivity contribution in [2.24, 2.45) is 0 Å². The first-order valence-corrected chi connectivity index (χ1v) is 18.9. The molecule has 0 aromatic heterocycles. The number of hydrogen-bond donors (Lipinski definition) is 1. The number of nitrogens with zero attached hydrogens (tertiary/aromatic N) is 5. The molecule has 290 valence electrons. The van der Waals surface area contributed by atoms with Crippen LogP contribution in [-0.4, -0.2) is 93.1 Å². The molecule has 0 radical (unpaired) electrons. The van der Waals surface area contributed by atoms with Crippen LogP contribution in [0.3, 0.4) is 0 Å². The third-order valence-corrected chi connectivity index (χ3v) is 11.3. The average Bonchev–Trinajstić information content (AvgIpc) is 3.52. The number of ether oxygens (including phenoxy) is 2. The predicted molar refractivity (Wildman–Crippen MR) is 199 cm³/mol. The van der Waals surface area contributed by atoms with Gasteiger partial charge in [0.15, 0.2) is 0 Å². The quantitative estimate of drug-likeness (QED) is 0.194. The normalized spacial score (nSPS) is 19.7. The lowest BCUT2D eigenvalue weighted by molar-refractivity contribution is -0.138. The zero-order valence-corrected chi connectivity index (χ0v) is 30.9. The number of piperazine rings is 1. The van der Waals surface area contributed by atoms with Crippen molar-refractivity contribution in [3.8, 4) is 17.6 Å². The lowest BCUT2D eigenvalue weighted by Crippen LogP contribution is -2.52. The minimum Gasteiger partial charge on any atom is -0.496 e. The van der Waals surface area contributed by atoms with Crippen molar-refractivity contribution < 1.29 is 37.0 Å². The molecule has 3 saturated heterocycles. The molecule has 0 saturated carbocycles. The van der Waals surface area contributed by atoms with Gasteiger partial charge in [0.25, 0.3) is 5.91 Å². The Kier molecular flexibility index (Phi) is 11.2. The number of nitrogens with one attached hydrogen (secondary N) is 1. The summed E-state index contributed by atoms with van der Waals surface area (Å²) in [5, 5.41) is 11.4. The topological polar surface area (TPSA) is 118 Å². The molecular formula is C41H45F3N6O5. The molecule has 0 aliphatic carbocycles. The summed E-state index contributed by atoms with van der Waals surface area (Å²) in [4.78, 5) is 45.7. The summed E-state index contributed by atoms with van der Waals surface area (Å²) in [6.45, 7) is 6.65. The number of hydrogen-bond acceptors (Lipinski definition) is 9. The summed E-state index contributed by atoms with van der Waals surface area (Å²) < 4.78 is 52.1. The Morgan fingerprint density at radius 2 is 1.60 bits per heavy atom. The van der Waals surface area contributed by atoms with Gasteiger partial charge in [0.05, 0.1) is 36.5 Å². The van der Waals surface area contributed by atoms with Gasteiger partial charge in [0, 0.05) is 69.7 Å². The Hall–Kier alpha value is -5.29. The third kappa shape index (κ3) is 8.37. The predicted octanol–water partition coefficient (Wildman–Crippen LogP) is 5.71. The van der Waals surface area contributed by atoms with Gasteiger partial charge in [-0.15, -0.1) is 0 Å². The number of methoxy groups -OCH3 is 1. The van der Waals surface area contributed by atoms with Crippen molar-refractivity contribution in [3.63, 3.8) is 0 Å². The van der Waals surface area contributed by atoms with Crippen LogP contribution in [0.15, 0.2) is 54.6 Å². The van der Waals surface area contributed by atoms with Gasteiger partial charge in [-0.1, -0.05) is 12.1 Å². The van der Waals surface area contributed by atoms with E-state index >= 15 is 0 Å². The van der Waals surface area contributed by atoms with Crippen LogP contribution in [0.25, 0.3) is 0 Å². The Labute approximate surface area is 318 Å². The maximum absolute atomic E-state index is 13.5. The van der Waals surface area contributed by atoms with Gasteiger partial charge in [0.2, 0.25) is 11.8 Å². The number of rotatable bonds is 11. The second-order valence-electron chi connectivity index (χ2n) is 14.6.